The van der Waals surface area contributed by atoms with Gasteiger partial charge in [-0.3, -0.25) is 4.68 Å². The molecule has 0 aliphatic carbocycles. The van der Waals surface area contributed by atoms with E-state index < -0.39 is 0 Å². The Hall–Kier alpha value is -0.920. The summed E-state index contributed by atoms with van der Waals surface area (Å²) in [6.45, 7) is 4.98. The van der Waals surface area contributed by atoms with Crippen molar-refractivity contribution in [3.05, 3.63) is 39.0 Å². The van der Waals surface area contributed by atoms with Gasteiger partial charge in [0.15, 0.2) is 0 Å². The lowest BCUT2D eigenvalue weighted by Crippen LogP contribution is -2.20. The first-order valence-corrected chi connectivity index (χ1v) is 7.95. The van der Waals surface area contributed by atoms with Gasteiger partial charge in [0, 0.05) is 29.3 Å². The van der Waals surface area contributed by atoms with Gasteiger partial charge in [0.25, 0.3) is 0 Å². The Morgan fingerprint density at radius 1 is 1.35 bits per heavy atom. The molecule has 1 N–H and O–H groups in total. The molecular formula is C13H16Br2N4O. The molecule has 5 nitrogen and oxygen atoms in total. The Labute approximate surface area is 135 Å². The first-order valence-electron chi connectivity index (χ1n) is 6.36. The summed E-state index contributed by atoms with van der Waals surface area (Å²) in [5.74, 6) is 0.893. The summed E-state index contributed by atoms with van der Waals surface area (Å²) < 4.78 is 9.48. The number of rotatable bonds is 7. The zero-order valence-corrected chi connectivity index (χ0v) is 14.3. The van der Waals surface area contributed by atoms with Gasteiger partial charge in [0.05, 0.1) is 23.8 Å². The number of hydrogen-bond donors (Lipinski definition) is 1. The molecule has 0 aliphatic heterocycles. The quantitative estimate of drug-likeness (QED) is 0.722. The lowest BCUT2D eigenvalue weighted by Gasteiger charge is -2.13. The molecule has 0 unspecified atom stereocenters. The lowest BCUT2D eigenvalue weighted by atomic mass is 10.2. The molecular weight excluding hydrogens is 388 g/mol. The first-order chi connectivity index (χ1) is 9.70. The Kier molecular flexibility index (Phi) is 6.00. The average Bonchev–Trinajstić information content (AvgIpc) is 2.91. The Bertz CT molecular complexity index is 546. The second-order valence-corrected chi connectivity index (χ2v) is 5.92. The lowest BCUT2D eigenvalue weighted by molar-refractivity contribution is 0.333. The number of hydrogen-bond acceptors (Lipinski definition) is 4. The minimum atomic E-state index is 0.645. The van der Waals surface area contributed by atoms with E-state index in [4.69, 9.17) is 4.74 Å². The van der Waals surface area contributed by atoms with E-state index in [9.17, 15) is 0 Å². The van der Waals surface area contributed by atoms with Crippen molar-refractivity contribution in [1.29, 1.82) is 0 Å². The highest BCUT2D eigenvalue weighted by Crippen LogP contribution is 2.32. The molecule has 20 heavy (non-hydrogen) atoms. The number of nitrogens with zero attached hydrogens (tertiary/aromatic N) is 3. The van der Waals surface area contributed by atoms with Crippen LogP contribution in [-0.2, 0) is 13.1 Å². The Morgan fingerprint density at radius 3 is 2.90 bits per heavy atom. The highest BCUT2D eigenvalue weighted by atomic mass is 79.9. The number of aromatic nitrogens is 3. The topological polar surface area (TPSA) is 52.0 Å². The molecule has 0 aliphatic rings. The van der Waals surface area contributed by atoms with Gasteiger partial charge in [0.2, 0.25) is 0 Å². The minimum absolute atomic E-state index is 0.645. The molecule has 0 fully saturated rings. The van der Waals surface area contributed by atoms with Gasteiger partial charge in [0.1, 0.15) is 5.75 Å². The van der Waals surface area contributed by atoms with Crippen LogP contribution in [0.4, 0.5) is 0 Å². The summed E-state index contributed by atoms with van der Waals surface area (Å²) in [5.41, 5.74) is 1.12. The number of halogens is 2. The number of ether oxygens (including phenoxy) is 1. The predicted molar refractivity (Wildman–Crippen MR) is 84.7 cm³/mol. The van der Waals surface area contributed by atoms with E-state index in [2.05, 4.69) is 53.6 Å². The molecule has 0 spiro atoms. The second kappa shape index (κ2) is 7.75. The molecule has 1 heterocycles. The molecule has 0 radical (unpaired) electrons. The summed E-state index contributed by atoms with van der Waals surface area (Å²) in [6, 6.07) is 4.06. The largest absolute Gasteiger partial charge is 0.492 e. The molecule has 0 atom stereocenters. The molecule has 1 aromatic heterocycles. The summed E-state index contributed by atoms with van der Waals surface area (Å²) >= 11 is 7.04. The van der Waals surface area contributed by atoms with E-state index in [0.717, 1.165) is 39.9 Å². The van der Waals surface area contributed by atoms with Crippen molar-refractivity contribution >= 4 is 31.9 Å². The molecule has 0 bridgehead atoms. The van der Waals surface area contributed by atoms with Crippen LogP contribution < -0.4 is 10.1 Å². The predicted octanol–water partition coefficient (Wildman–Crippen LogP) is 2.99. The van der Waals surface area contributed by atoms with Gasteiger partial charge < -0.3 is 10.1 Å². The van der Waals surface area contributed by atoms with Crippen LogP contribution in [0.15, 0.2) is 33.5 Å². The Morgan fingerprint density at radius 2 is 2.20 bits per heavy atom. The third-order valence-electron chi connectivity index (χ3n) is 2.68. The molecule has 0 amide bonds. The van der Waals surface area contributed by atoms with Crippen LogP contribution in [0.1, 0.15) is 12.5 Å². The SMILES string of the molecule is CCOc1c(Br)cc(Br)cc1CNCCn1ccnn1. The molecule has 0 saturated carbocycles. The van der Waals surface area contributed by atoms with Crippen molar-refractivity contribution in [2.45, 2.75) is 20.0 Å². The van der Waals surface area contributed by atoms with Crippen molar-refractivity contribution in [3.63, 3.8) is 0 Å². The normalized spacial score (nSPS) is 10.8. The first kappa shape index (κ1) is 15.5. The highest BCUT2D eigenvalue weighted by Gasteiger charge is 2.09. The zero-order valence-electron chi connectivity index (χ0n) is 11.1. The monoisotopic (exact) mass is 402 g/mol. The van der Waals surface area contributed by atoms with Gasteiger partial charge in [-0.25, -0.2) is 0 Å². The third-order valence-corrected chi connectivity index (χ3v) is 3.73. The van der Waals surface area contributed by atoms with E-state index in [1.165, 1.54) is 0 Å². The summed E-state index contributed by atoms with van der Waals surface area (Å²) in [7, 11) is 0. The van der Waals surface area contributed by atoms with E-state index >= 15 is 0 Å². The van der Waals surface area contributed by atoms with Gasteiger partial charge >= 0.3 is 0 Å². The van der Waals surface area contributed by atoms with Crippen LogP contribution in [0.3, 0.4) is 0 Å². The number of benzene rings is 1. The molecule has 1 aromatic carbocycles. The van der Waals surface area contributed by atoms with Crippen molar-refractivity contribution in [1.82, 2.24) is 20.3 Å². The summed E-state index contributed by atoms with van der Waals surface area (Å²) in [4.78, 5) is 0. The maximum atomic E-state index is 5.69. The maximum absolute atomic E-state index is 5.69. The highest BCUT2D eigenvalue weighted by molar-refractivity contribution is 9.11. The fourth-order valence-electron chi connectivity index (χ4n) is 1.82. The van der Waals surface area contributed by atoms with Gasteiger partial charge in [-0.2, -0.15) is 0 Å². The standard InChI is InChI=1S/C13H16Br2N4O/c1-2-20-13-10(7-11(14)8-12(13)15)9-16-3-5-19-6-4-17-18-19/h4,6-8,16H,2-3,5,9H2,1H3. The summed E-state index contributed by atoms with van der Waals surface area (Å²) in [6.07, 6.45) is 3.53. The molecule has 108 valence electrons. The summed E-state index contributed by atoms with van der Waals surface area (Å²) in [5, 5.41) is 11.1. The maximum Gasteiger partial charge on any atom is 0.138 e. The number of nitrogens with one attached hydrogen (secondary N) is 1. The van der Waals surface area contributed by atoms with Crippen LogP contribution in [0.2, 0.25) is 0 Å². The van der Waals surface area contributed by atoms with E-state index in [-0.39, 0.29) is 0 Å². The Balaban J connectivity index is 1.94. The molecule has 2 aromatic rings. The van der Waals surface area contributed by atoms with Crippen molar-refractivity contribution in [2.75, 3.05) is 13.2 Å². The van der Waals surface area contributed by atoms with Crippen molar-refractivity contribution in [3.8, 4) is 5.75 Å². The fraction of sp³-hybridized carbons (Fsp3) is 0.385. The fourth-order valence-corrected chi connectivity index (χ4v) is 3.25. The average molecular weight is 404 g/mol. The van der Waals surface area contributed by atoms with Gasteiger partial charge in [-0.15, -0.1) is 5.10 Å². The van der Waals surface area contributed by atoms with Gasteiger partial charge in [-0.05, 0) is 35.0 Å². The van der Waals surface area contributed by atoms with Crippen molar-refractivity contribution < 1.29 is 4.74 Å². The van der Waals surface area contributed by atoms with Crippen LogP contribution in [0.5, 0.6) is 5.75 Å². The second-order valence-electron chi connectivity index (χ2n) is 4.15. The van der Waals surface area contributed by atoms with E-state index in [0.29, 0.717) is 6.61 Å². The smallest absolute Gasteiger partial charge is 0.138 e. The zero-order chi connectivity index (χ0) is 14.4. The molecule has 2 rings (SSSR count). The van der Waals surface area contributed by atoms with Crippen LogP contribution in [0.25, 0.3) is 0 Å². The van der Waals surface area contributed by atoms with Gasteiger partial charge in [-0.1, -0.05) is 21.1 Å². The molecule has 7 heteroatoms. The molecule has 0 saturated heterocycles. The minimum Gasteiger partial charge on any atom is -0.492 e. The third kappa shape index (κ3) is 4.29. The van der Waals surface area contributed by atoms with Crippen LogP contribution in [-0.4, -0.2) is 28.1 Å². The van der Waals surface area contributed by atoms with Crippen molar-refractivity contribution in [2.24, 2.45) is 0 Å². The van der Waals surface area contributed by atoms with Crippen LogP contribution in [0, 0.1) is 0 Å². The van der Waals surface area contributed by atoms with Crippen LogP contribution >= 0.6 is 31.9 Å². The van der Waals surface area contributed by atoms with E-state index in [1.54, 1.807) is 10.9 Å². The van der Waals surface area contributed by atoms with E-state index in [1.807, 2.05) is 19.2 Å².